The Morgan fingerprint density at radius 2 is 0.792 bits per heavy atom. The summed E-state index contributed by atoms with van der Waals surface area (Å²) in [5.41, 5.74) is 9.00. The van der Waals surface area contributed by atoms with Crippen LogP contribution in [0.4, 0.5) is 0 Å². The molecule has 0 saturated heterocycles. The highest BCUT2D eigenvalue weighted by atomic mass is 16.3. The topological polar surface area (TPSA) is 26.3 Å². The molecule has 0 N–H and O–H groups in total. The van der Waals surface area contributed by atoms with E-state index in [2.05, 4.69) is 62.4 Å². The SMILES string of the molecule is Cc1ccc(-c2cocc2-c2cocc2-c2ccc(C)cc2)cc1. The Bertz CT molecular complexity index is 872. The van der Waals surface area contributed by atoms with Crippen molar-refractivity contribution in [3.8, 4) is 33.4 Å². The van der Waals surface area contributed by atoms with Crippen LogP contribution < -0.4 is 0 Å². The highest BCUT2D eigenvalue weighted by molar-refractivity contribution is 5.90. The predicted molar refractivity (Wildman–Crippen MR) is 96.8 cm³/mol. The van der Waals surface area contributed by atoms with Gasteiger partial charge in [-0.15, -0.1) is 0 Å². The highest BCUT2D eigenvalue weighted by Gasteiger charge is 2.16. The van der Waals surface area contributed by atoms with Gasteiger partial charge in [-0.3, -0.25) is 0 Å². The van der Waals surface area contributed by atoms with Crippen molar-refractivity contribution in [3.63, 3.8) is 0 Å². The van der Waals surface area contributed by atoms with Crippen molar-refractivity contribution in [1.82, 2.24) is 0 Å². The number of benzene rings is 2. The second-order valence-electron chi connectivity index (χ2n) is 6.13. The lowest BCUT2D eigenvalue weighted by molar-refractivity contribution is 0.565. The molecule has 2 aromatic carbocycles. The normalized spacial score (nSPS) is 10.9. The van der Waals surface area contributed by atoms with E-state index >= 15 is 0 Å². The minimum Gasteiger partial charge on any atom is -0.471 e. The molecule has 0 fully saturated rings. The molecule has 0 saturated carbocycles. The fourth-order valence-electron chi connectivity index (χ4n) is 2.92. The van der Waals surface area contributed by atoms with Crippen LogP contribution in [0.1, 0.15) is 11.1 Å². The Morgan fingerprint density at radius 1 is 0.458 bits per heavy atom. The average Bonchev–Trinajstić information content (AvgIpc) is 3.25. The molecule has 2 heteroatoms. The third-order valence-corrected chi connectivity index (χ3v) is 4.34. The van der Waals surface area contributed by atoms with Crippen molar-refractivity contribution in [1.29, 1.82) is 0 Å². The maximum Gasteiger partial charge on any atom is 0.0988 e. The van der Waals surface area contributed by atoms with Gasteiger partial charge in [0.1, 0.15) is 0 Å². The molecule has 0 amide bonds. The first-order valence-electron chi connectivity index (χ1n) is 7.99. The molecule has 2 aromatic heterocycles. The summed E-state index contributed by atoms with van der Waals surface area (Å²) in [6.07, 6.45) is 7.17. The third-order valence-electron chi connectivity index (χ3n) is 4.34. The van der Waals surface area contributed by atoms with Gasteiger partial charge in [0, 0.05) is 22.3 Å². The number of hydrogen-bond donors (Lipinski definition) is 0. The molecule has 0 aliphatic carbocycles. The monoisotopic (exact) mass is 314 g/mol. The summed E-state index contributed by atoms with van der Waals surface area (Å²) in [5.74, 6) is 0. The lowest BCUT2D eigenvalue weighted by Crippen LogP contribution is -1.83. The zero-order chi connectivity index (χ0) is 16.5. The molecule has 118 valence electrons. The van der Waals surface area contributed by atoms with Gasteiger partial charge >= 0.3 is 0 Å². The van der Waals surface area contributed by atoms with E-state index in [0.29, 0.717) is 0 Å². The molecular formula is C22H18O2. The maximum atomic E-state index is 5.52. The van der Waals surface area contributed by atoms with Crippen LogP contribution in [0.15, 0.2) is 82.4 Å². The first-order valence-corrected chi connectivity index (χ1v) is 7.99. The van der Waals surface area contributed by atoms with Gasteiger partial charge in [-0.2, -0.15) is 0 Å². The van der Waals surface area contributed by atoms with Crippen LogP contribution in [-0.4, -0.2) is 0 Å². The van der Waals surface area contributed by atoms with Crippen molar-refractivity contribution >= 4 is 0 Å². The van der Waals surface area contributed by atoms with E-state index in [0.717, 1.165) is 33.4 Å². The molecule has 4 rings (SSSR count). The fourth-order valence-corrected chi connectivity index (χ4v) is 2.92. The molecule has 0 atom stereocenters. The summed E-state index contributed by atoms with van der Waals surface area (Å²) in [5, 5.41) is 0. The van der Waals surface area contributed by atoms with Gasteiger partial charge in [0.2, 0.25) is 0 Å². The van der Waals surface area contributed by atoms with Crippen molar-refractivity contribution < 1.29 is 8.83 Å². The Kier molecular flexibility index (Phi) is 3.58. The van der Waals surface area contributed by atoms with Crippen molar-refractivity contribution in [2.45, 2.75) is 13.8 Å². The van der Waals surface area contributed by atoms with Gasteiger partial charge in [-0.1, -0.05) is 59.7 Å². The second kappa shape index (κ2) is 5.89. The standard InChI is InChI=1S/C22H18O2/c1-15-3-7-17(8-4-15)19-11-23-13-21(19)22-14-24-12-20(22)18-9-5-16(2)6-10-18/h3-14H,1-2H3. The number of furan rings is 2. The van der Waals surface area contributed by atoms with E-state index in [9.17, 15) is 0 Å². The van der Waals surface area contributed by atoms with Crippen LogP contribution in [0, 0.1) is 13.8 Å². The Morgan fingerprint density at radius 3 is 1.17 bits per heavy atom. The third kappa shape index (κ3) is 2.56. The molecule has 0 unspecified atom stereocenters. The molecule has 2 nitrogen and oxygen atoms in total. The quantitative estimate of drug-likeness (QED) is 0.432. The van der Waals surface area contributed by atoms with Crippen molar-refractivity contribution in [2.24, 2.45) is 0 Å². The number of aryl methyl sites for hydroxylation is 2. The summed E-state index contributed by atoms with van der Waals surface area (Å²) in [6, 6.07) is 16.9. The maximum absolute atomic E-state index is 5.52. The fraction of sp³-hybridized carbons (Fsp3) is 0.0909. The highest BCUT2D eigenvalue weighted by Crippen LogP contribution is 2.39. The lowest BCUT2D eigenvalue weighted by Gasteiger charge is -2.05. The van der Waals surface area contributed by atoms with Gasteiger partial charge < -0.3 is 8.83 Å². The predicted octanol–water partition coefficient (Wildman–Crippen LogP) is 6.49. The first-order chi connectivity index (χ1) is 11.7. The van der Waals surface area contributed by atoms with Gasteiger partial charge in [0.05, 0.1) is 25.1 Å². The molecule has 0 spiro atoms. The Labute approximate surface area is 141 Å². The summed E-state index contributed by atoms with van der Waals surface area (Å²) in [4.78, 5) is 0. The molecule has 0 bridgehead atoms. The van der Waals surface area contributed by atoms with E-state index in [1.807, 2.05) is 0 Å². The first kappa shape index (κ1) is 14.6. The van der Waals surface area contributed by atoms with Crippen molar-refractivity contribution in [3.05, 3.63) is 84.7 Å². The van der Waals surface area contributed by atoms with E-state index in [1.165, 1.54) is 11.1 Å². The van der Waals surface area contributed by atoms with E-state index in [-0.39, 0.29) is 0 Å². The van der Waals surface area contributed by atoms with Crippen LogP contribution in [0.5, 0.6) is 0 Å². The average molecular weight is 314 g/mol. The second-order valence-corrected chi connectivity index (χ2v) is 6.13. The molecular weight excluding hydrogens is 296 g/mol. The van der Waals surface area contributed by atoms with Crippen LogP contribution >= 0.6 is 0 Å². The van der Waals surface area contributed by atoms with Crippen LogP contribution in [-0.2, 0) is 0 Å². The largest absolute Gasteiger partial charge is 0.471 e. The summed E-state index contributed by atoms with van der Waals surface area (Å²) in [7, 11) is 0. The summed E-state index contributed by atoms with van der Waals surface area (Å²) < 4.78 is 11.0. The lowest BCUT2D eigenvalue weighted by atomic mass is 9.95. The molecule has 0 radical (unpaired) electrons. The van der Waals surface area contributed by atoms with E-state index in [4.69, 9.17) is 8.83 Å². The summed E-state index contributed by atoms with van der Waals surface area (Å²) >= 11 is 0. The zero-order valence-corrected chi connectivity index (χ0v) is 13.7. The van der Waals surface area contributed by atoms with Crippen LogP contribution in [0.3, 0.4) is 0 Å². The molecule has 2 heterocycles. The van der Waals surface area contributed by atoms with Gasteiger partial charge in [0.15, 0.2) is 0 Å². The molecule has 0 aliphatic rings. The molecule has 24 heavy (non-hydrogen) atoms. The van der Waals surface area contributed by atoms with Crippen molar-refractivity contribution in [2.75, 3.05) is 0 Å². The minimum absolute atomic E-state index is 1.04. The minimum atomic E-state index is 1.04. The molecule has 0 aliphatic heterocycles. The van der Waals surface area contributed by atoms with Crippen LogP contribution in [0.2, 0.25) is 0 Å². The van der Waals surface area contributed by atoms with Gasteiger partial charge in [0.25, 0.3) is 0 Å². The zero-order valence-electron chi connectivity index (χ0n) is 13.7. The number of hydrogen-bond acceptors (Lipinski definition) is 2. The Hall–Kier alpha value is -3.00. The summed E-state index contributed by atoms with van der Waals surface area (Å²) in [6.45, 7) is 4.18. The van der Waals surface area contributed by atoms with E-state index in [1.54, 1.807) is 25.1 Å². The Balaban J connectivity index is 1.82. The molecule has 4 aromatic rings. The smallest absolute Gasteiger partial charge is 0.0988 e. The number of rotatable bonds is 3. The van der Waals surface area contributed by atoms with Gasteiger partial charge in [-0.05, 0) is 25.0 Å². The van der Waals surface area contributed by atoms with Crippen LogP contribution in [0.25, 0.3) is 33.4 Å². The van der Waals surface area contributed by atoms with Gasteiger partial charge in [-0.25, -0.2) is 0 Å². The van der Waals surface area contributed by atoms with E-state index < -0.39 is 0 Å².